The van der Waals surface area contributed by atoms with Gasteiger partial charge in [0.15, 0.2) is 5.82 Å². The van der Waals surface area contributed by atoms with Gasteiger partial charge in [0.2, 0.25) is 0 Å². The van der Waals surface area contributed by atoms with Gasteiger partial charge in [0, 0.05) is 12.1 Å². The third-order valence-corrected chi connectivity index (χ3v) is 5.36. The predicted molar refractivity (Wildman–Crippen MR) is 89.3 cm³/mol. The summed E-state index contributed by atoms with van der Waals surface area (Å²) in [5, 5.41) is 0. The fraction of sp³-hybridized carbons (Fsp3) is 0.533. The topological polar surface area (TPSA) is 38.5 Å². The van der Waals surface area contributed by atoms with Crippen LogP contribution in [0.15, 0.2) is 16.6 Å². The Labute approximate surface area is 137 Å². The number of morpholine rings is 1. The molecule has 1 heterocycles. The minimum atomic E-state index is -0.286. The Hall–Kier alpha value is -0.720. The molecule has 2 fully saturated rings. The van der Waals surface area contributed by atoms with Gasteiger partial charge in [-0.25, -0.2) is 4.39 Å². The summed E-state index contributed by atoms with van der Waals surface area (Å²) in [4.78, 5) is 2.35. The Morgan fingerprint density at radius 1 is 1.38 bits per heavy atom. The lowest BCUT2D eigenvalue weighted by Crippen LogP contribution is -2.53. The van der Waals surface area contributed by atoms with Crippen LogP contribution in [0.25, 0.3) is 0 Å². The number of nitrogens with zero attached hydrogens (tertiary/aromatic N) is 1. The van der Waals surface area contributed by atoms with Gasteiger partial charge in [-0.15, -0.1) is 0 Å². The van der Waals surface area contributed by atoms with Crippen molar-refractivity contribution >= 4 is 38.8 Å². The first-order chi connectivity index (χ1) is 10.1. The van der Waals surface area contributed by atoms with E-state index in [1.165, 1.54) is 12.8 Å². The lowest BCUT2D eigenvalue weighted by molar-refractivity contribution is -0.00891. The molecule has 3 rings (SSSR count). The molecule has 0 amide bonds. The number of thiocarbonyl (C=S) groups is 1. The number of halogens is 2. The third-order valence-electron chi connectivity index (χ3n) is 4.37. The van der Waals surface area contributed by atoms with E-state index in [1.807, 2.05) is 0 Å². The number of fused-ring (bicyclic) bond motifs is 1. The van der Waals surface area contributed by atoms with Crippen LogP contribution < -0.4 is 10.6 Å². The molecule has 2 unspecified atom stereocenters. The van der Waals surface area contributed by atoms with Gasteiger partial charge < -0.3 is 15.4 Å². The van der Waals surface area contributed by atoms with Crippen LogP contribution in [0.4, 0.5) is 10.1 Å². The van der Waals surface area contributed by atoms with Crippen molar-refractivity contribution in [2.75, 3.05) is 18.1 Å². The van der Waals surface area contributed by atoms with E-state index in [4.69, 9.17) is 22.7 Å². The minimum absolute atomic E-state index is 0.199. The van der Waals surface area contributed by atoms with Crippen molar-refractivity contribution in [2.24, 2.45) is 5.73 Å². The number of hydrogen-bond acceptors (Lipinski definition) is 3. The number of rotatable bonds is 2. The van der Waals surface area contributed by atoms with Crippen LogP contribution in [0.5, 0.6) is 0 Å². The summed E-state index contributed by atoms with van der Waals surface area (Å²) in [6.45, 7) is 1.37. The molecule has 2 atom stereocenters. The monoisotopic (exact) mass is 372 g/mol. The van der Waals surface area contributed by atoms with Gasteiger partial charge in [0.25, 0.3) is 0 Å². The summed E-state index contributed by atoms with van der Waals surface area (Å²) < 4.78 is 20.9. The van der Waals surface area contributed by atoms with Gasteiger partial charge in [-0.05, 0) is 40.9 Å². The maximum absolute atomic E-state index is 14.7. The number of benzene rings is 1. The Morgan fingerprint density at radius 3 is 2.90 bits per heavy atom. The van der Waals surface area contributed by atoms with E-state index < -0.39 is 0 Å². The largest absolute Gasteiger partial charge is 0.389 e. The van der Waals surface area contributed by atoms with Crippen molar-refractivity contribution in [3.63, 3.8) is 0 Å². The Balaban J connectivity index is 1.95. The fourth-order valence-electron chi connectivity index (χ4n) is 3.35. The smallest absolute Gasteiger partial charge is 0.161 e. The molecular formula is C15H18BrFN2OS. The first-order valence-corrected chi connectivity index (χ1v) is 8.45. The van der Waals surface area contributed by atoms with Gasteiger partial charge in [-0.3, -0.25) is 0 Å². The summed E-state index contributed by atoms with van der Waals surface area (Å²) in [5.74, 6) is -0.286. The summed E-state index contributed by atoms with van der Waals surface area (Å²) >= 11 is 8.23. The molecule has 3 nitrogen and oxygen atoms in total. The minimum Gasteiger partial charge on any atom is -0.389 e. The summed E-state index contributed by atoms with van der Waals surface area (Å²) in [5.41, 5.74) is 6.77. The van der Waals surface area contributed by atoms with E-state index in [-0.39, 0.29) is 23.0 Å². The van der Waals surface area contributed by atoms with Crippen molar-refractivity contribution in [1.82, 2.24) is 0 Å². The molecular weight excluding hydrogens is 355 g/mol. The molecule has 0 aromatic heterocycles. The van der Waals surface area contributed by atoms with Crippen LogP contribution in [0.1, 0.15) is 31.2 Å². The molecule has 1 aromatic rings. The van der Waals surface area contributed by atoms with E-state index in [2.05, 4.69) is 20.8 Å². The zero-order chi connectivity index (χ0) is 15.0. The van der Waals surface area contributed by atoms with Gasteiger partial charge in [0.05, 0.1) is 28.9 Å². The first-order valence-electron chi connectivity index (χ1n) is 7.25. The second kappa shape index (κ2) is 6.18. The Kier molecular flexibility index (Phi) is 4.47. The highest BCUT2D eigenvalue weighted by Crippen LogP contribution is 2.36. The van der Waals surface area contributed by atoms with Gasteiger partial charge in [0.1, 0.15) is 4.99 Å². The average Bonchev–Trinajstić information content (AvgIpc) is 2.49. The summed E-state index contributed by atoms with van der Waals surface area (Å²) in [6, 6.07) is 3.84. The van der Waals surface area contributed by atoms with E-state index in [9.17, 15) is 4.39 Å². The molecule has 0 radical (unpaired) electrons. The molecule has 1 saturated carbocycles. The SMILES string of the molecule is NC(=S)c1ccc(N2CCOC3CCCCC32)c(F)c1Br. The van der Waals surface area contributed by atoms with Crippen molar-refractivity contribution in [2.45, 2.75) is 37.8 Å². The third kappa shape index (κ3) is 2.81. The second-order valence-electron chi connectivity index (χ2n) is 5.58. The molecule has 114 valence electrons. The number of anilines is 1. The summed E-state index contributed by atoms with van der Waals surface area (Å²) in [7, 11) is 0. The molecule has 1 saturated heterocycles. The van der Waals surface area contributed by atoms with Crippen LogP contribution in [-0.2, 0) is 4.74 Å². The molecule has 1 aliphatic carbocycles. The molecule has 21 heavy (non-hydrogen) atoms. The Morgan fingerprint density at radius 2 is 2.14 bits per heavy atom. The van der Waals surface area contributed by atoms with E-state index in [1.54, 1.807) is 12.1 Å². The maximum Gasteiger partial charge on any atom is 0.161 e. The molecule has 0 spiro atoms. The van der Waals surface area contributed by atoms with Crippen molar-refractivity contribution in [3.05, 3.63) is 28.0 Å². The van der Waals surface area contributed by atoms with E-state index in [0.717, 1.165) is 19.4 Å². The second-order valence-corrected chi connectivity index (χ2v) is 6.81. The van der Waals surface area contributed by atoms with E-state index in [0.29, 0.717) is 22.3 Å². The fourth-order valence-corrected chi connectivity index (χ4v) is 4.20. The zero-order valence-electron chi connectivity index (χ0n) is 11.6. The normalized spacial score (nSPS) is 25.5. The maximum atomic E-state index is 14.7. The van der Waals surface area contributed by atoms with Gasteiger partial charge in [-0.1, -0.05) is 25.1 Å². The number of hydrogen-bond donors (Lipinski definition) is 1. The molecule has 1 aromatic carbocycles. The standard InChI is InChI=1S/C15H18BrFN2OS/c16-13-9(15(18)21)5-6-11(14(13)17)19-7-8-20-12-4-2-1-3-10(12)19/h5-6,10,12H,1-4,7-8H2,(H2,18,21). The lowest BCUT2D eigenvalue weighted by atomic mass is 9.89. The van der Waals surface area contributed by atoms with Crippen LogP contribution in [0.2, 0.25) is 0 Å². The summed E-state index contributed by atoms with van der Waals surface area (Å²) in [6.07, 6.45) is 4.71. The van der Waals surface area contributed by atoms with Crippen molar-refractivity contribution in [3.8, 4) is 0 Å². The molecule has 0 bridgehead atoms. The highest BCUT2D eigenvalue weighted by Gasteiger charge is 2.35. The number of ether oxygens (including phenoxy) is 1. The van der Waals surface area contributed by atoms with Crippen LogP contribution in [0, 0.1) is 5.82 Å². The van der Waals surface area contributed by atoms with Gasteiger partial charge in [-0.2, -0.15) is 0 Å². The molecule has 1 aliphatic heterocycles. The quantitative estimate of drug-likeness (QED) is 0.807. The van der Waals surface area contributed by atoms with Gasteiger partial charge >= 0.3 is 0 Å². The van der Waals surface area contributed by atoms with Crippen molar-refractivity contribution < 1.29 is 9.13 Å². The zero-order valence-corrected chi connectivity index (χ0v) is 14.1. The molecule has 2 aliphatic rings. The average molecular weight is 373 g/mol. The lowest BCUT2D eigenvalue weighted by Gasteiger charge is -2.45. The molecule has 2 N–H and O–H groups in total. The van der Waals surface area contributed by atoms with Crippen molar-refractivity contribution in [1.29, 1.82) is 0 Å². The van der Waals surface area contributed by atoms with Crippen LogP contribution in [0.3, 0.4) is 0 Å². The Bertz CT molecular complexity index is 567. The van der Waals surface area contributed by atoms with E-state index >= 15 is 0 Å². The predicted octanol–water partition coefficient (Wildman–Crippen LogP) is 3.37. The van der Waals surface area contributed by atoms with Crippen LogP contribution >= 0.6 is 28.1 Å². The first kappa shape index (κ1) is 15.2. The number of nitrogens with two attached hydrogens (primary N) is 1. The van der Waals surface area contributed by atoms with Crippen LogP contribution in [-0.4, -0.2) is 30.3 Å². The molecule has 6 heteroatoms. The highest BCUT2D eigenvalue weighted by molar-refractivity contribution is 9.10. The highest BCUT2D eigenvalue weighted by atomic mass is 79.9.